The van der Waals surface area contributed by atoms with Crippen molar-refractivity contribution in [1.29, 1.82) is 0 Å². The van der Waals surface area contributed by atoms with Gasteiger partial charge in [-0.2, -0.15) is 26.3 Å². The molecule has 3 aromatic rings. The Morgan fingerprint density at radius 1 is 0.732 bits per heavy atom. The summed E-state index contributed by atoms with van der Waals surface area (Å²) in [5, 5.41) is -0.863. The molecule has 1 aliphatic carbocycles. The zero-order chi connectivity index (χ0) is 30.8. The topological polar surface area (TPSA) is 31.4 Å². The lowest BCUT2D eigenvalue weighted by atomic mass is 9.88. The molecule has 0 amide bonds. The SMILES string of the molecule is COc1ccc(-c2nc(C3=C(C(=C(C)C)c4c(F)c(F)c(F)c(F)c4F)C(F)(F)C(F)(F)C3(F)F)c(OC)s2)cc1. The van der Waals surface area contributed by atoms with Gasteiger partial charge in [0.1, 0.15) is 16.5 Å². The highest BCUT2D eigenvalue weighted by Crippen LogP contribution is 2.66. The van der Waals surface area contributed by atoms with Gasteiger partial charge in [-0.3, -0.25) is 0 Å². The molecule has 0 N–H and O–H groups in total. The lowest BCUT2D eigenvalue weighted by Crippen LogP contribution is -2.49. The van der Waals surface area contributed by atoms with Crippen LogP contribution in [0.4, 0.5) is 48.3 Å². The first-order chi connectivity index (χ1) is 18.9. The van der Waals surface area contributed by atoms with Crippen LogP contribution in [0.5, 0.6) is 10.8 Å². The molecule has 41 heavy (non-hydrogen) atoms. The van der Waals surface area contributed by atoms with Gasteiger partial charge in [-0.15, -0.1) is 0 Å². The van der Waals surface area contributed by atoms with E-state index in [4.69, 9.17) is 9.47 Å². The maximum atomic E-state index is 15.4. The second-order valence-corrected chi connectivity index (χ2v) is 9.84. The molecule has 0 saturated heterocycles. The molecule has 0 spiro atoms. The molecule has 0 unspecified atom stereocenters. The van der Waals surface area contributed by atoms with Crippen molar-refractivity contribution < 1.29 is 57.8 Å². The molecule has 220 valence electrons. The fourth-order valence-electron chi connectivity index (χ4n) is 4.28. The third-order valence-electron chi connectivity index (χ3n) is 6.23. The number of nitrogens with zero attached hydrogens (tertiary/aromatic N) is 1. The number of ether oxygens (including phenoxy) is 2. The maximum Gasteiger partial charge on any atom is 0.380 e. The first-order valence-electron chi connectivity index (χ1n) is 11.2. The fraction of sp³-hybridized carbons (Fsp3) is 0.269. The van der Waals surface area contributed by atoms with Crippen molar-refractivity contribution in [2.24, 2.45) is 0 Å². The van der Waals surface area contributed by atoms with Crippen molar-refractivity contribution >= 4 is 22.5 Å². The van der Waals surface area contributed by atoms with Gasteiger partial charge in [0.25, 0.3) is 0 Å². The quantitative estimate of drug-likeness (QED) is 0.158. The molecule has 0 saturated carbocycles. The second kappa shape index (κ2) is 10.0. The molecular formula is C26H16F11NO2S. The molecule has 2 aromatic carbocycles. The highest BCUT2D eigenvalue weighted by molar-refractivity contribution is 7.17. The minimum absolute atomic E-state index is 0.185. The number of hydrogen-bond donors (Lipinski definition) is 0. The maximum absolute atomic E-state index is 15.4. The summed E-state index contributed by atoms with van der Waals surface area (Å²) in [5.74, 6) is -30.8. The summed E-state index contributed by atoms with van der Waals surface area (Å²) in [5.41, 5.74) is -10.2. The molecule has 1 heterocycles. The lowest BCUT2D eigenvalue weighted by Gasteiger charge is -2.26. The highest BCUT2D eigenvalue weighted by Gasteiger charge is 2.81. The van der Waals surface area contributed by atoms with Gasteiger partial charge >= 0.3 is 17.8 Å². The minimum atomic E-state index is -6.23. The van der Waals surface area contributed by atoms with Crippen molar-refractivity contribution in [1.82, 2.24) is 4.98 Å². The van der Waals surface area contributed by atoms with Gasteiger partial charge in [-0.05, 0) is 43.7 Å². The summed E-state index contributed by atoms with van der Waals surface area (Å²) >= 11 is 0.480. The number of thiazole rings is 1. The van der Waals surface area contributed by atoms with Crippen molar-refractivity contribution in [3.8, 4) is 21.4 Å². The van der Waals surface area contributed by atoms with Crippen LogP contribution in [0.2, 0.25) is 0 Å². The van der Waals surface area contributed by atoms with Crippen LogP contribution >= 0.6 is 11.3 Å². The van der Waals surface area contributed by atoms with Crippen LogP contribution in [0.1, 0.15) is 25.1 Å². The Hall–Kier alpha value is -3.62. The van der Waals surface area contributed by atoms with Crippen molar-refractivity contribution in [3.63, 3.8) is 0 Å². The van der Waals surface area contributed by atoms with Gasteiger partial charge in [0.15, 0.2) is 23.3 Å². The van der Waals surface area contributed by atoms with Gasteiger partial charge in [0.2, 0.25) is 10.9 Å². The average Bonchev–Trinajstić information content (AvgIpc) is 3.38. The van der Waals surface area contributed by atoms with Crippen LogP contribution in [0, 0.1) is 29.1 Å². The Morgan fingerprint density at radius 2 is 1.24 bits per heavy atom. The lowest BCUT2D eigenvalue weighted by molar-refractivity contribution is -0.258. The van der Waals surface area contributed by atoms with Crippen molar-refractivity contribution in [2.45, 2.75) is 31.6 Å². The number of allylic oxidation sites excluding steroid dienone is 4. The van der Waals surface area contributed by atoms with E-state index in [1.54, 1.807) is 0 Å². The predicted molar refractivity (Wildman–Crippen MR) is 127 cm³/mol. The molecular weight excluding hydrogens is 599 g/mol. The molecule has 0 aliphatic heterocycles. The number of methoxy groups -OCH3 is 2. The summed E-state index contributed by atoms with van der Waals surface area (Å²) in [7, 11) is 2.24. The largest absolute Gasteiger partial charge is 0.497 e. The number of hydrogen-bond acceptors (Lipinski definition) is 4. The third kappa shape index (κ3) is 4.27. The van der Waals surface area contributed by atoms with E-state index in [0.717, 1.165) is 21.0 Å². The zero-order valence-corrected chi connectivity index (χ0v) is 22.0. The molecule has 0 bridgehead atoms. The molecule has 0 fully saturated rings. The Balaban J connectivity index is 2.15. The third-order valence-corrected chi connectivity index (χ3v) is 7.30. The van der Waals surface area contributed by atoms with Crippen LogP contribution in [-0.2, 0) is 0 Å². The number of rotatable bonds is 6. The van der Waals surface area contributed by atoms with E-state index in [0.29, 0.717) is 17.1 Å². The fourth-order valence-corrected chi connectivity index (χ4v) is 5.18. The van der Waals surface area contributed by atoms with Gasteiger partial charge in [-0.1, -0.05) is 16.9 Å². The van der Waals surface area contributed by atoms with Crippen LogP contribution in [0.3, 0.4) is 0 Å². The monoisotopic (exact) mass is 615 g/mol. The first kappa shape index (κ1) is 30.3. The standard InChI is InChI=1S/C26H16F11NO2S/c1-9(2)12(13-16(27)18(29)20(31)19(30)17(13)28)14-15(25(34,35)26(36,37)24(14,32)33)21-23(40-4)41-22(38-21)10-5-7-11(39-3)8-6-10/h5-8H,1-4H3. The number of halogens is 11. The highest BCUT2D eigenvalue weighted by atomic mass is 32.1. The second-order valence-electron chi connectivity index (χ2n) is 8.88. The van der Waals surface area contributed by atoms with Crippen LogP contribution < -0.4 is 9.47 Å². The Kier molecular flexibility index (Phi) is 7.42. The molecule has 1 aromatic heterocycles. The van der Waals surface area contributed by atoms with Crippen molar-refractivity contribution in [3.05, 3.63) is 75.8 Å². The van der Waals surface area contributed by atoms with E-state index in [2.05, 4.69) is 4.98 Å². The average molecular weight is 615 g/mol. The Morgan fingerprint density at radius 3 is 1.71 bits per heavy atom. The van der Waals surface area contributed by atoms with Crippen LogP contribution in [-0.4, -0.2) is 37.0 Å². The van der Waals surface area contributed by atoms with Crippen LogP contribution in [0.15, 0.2) is 35.4 Å². The first-order valence-corrected chi connectivity index (χ1v) is 12.0. The van der Waals surface area contributed by atoms with E-state index in [-0.39, 0.29) is 10.6 Å². The number of aromatic nitrogens is 1. The molecule has 0 atom stereocenters. The smallest absolute Gasteiger partial charge is 0.380 e. The summed E-state index contributed by atoms with van der Waals surface area (Å²) < 4.78 is 173. The summed E-state index contributed by atoms with van der Waals surface area (Å²) in [6.45, 7) is 1.56. The Labute approximate surface area is 228 Å². The summed E-state index contributed by atoms with van der Waals surface area (Å²) in [4.78, 5) is 3.83. The van der Waals surface area contributed by atoms with E-state index >= 15 is 17.6 Å². The molecule has 0 radical (unpaired) electrons. The molecule has 3 nitrogen and oxygen atoms in total. The van der Waals surface area contributed by atoms with Gasteiger partial charge in [0, 0.05) is 11.1 Å². The van der Waals surface area contributed by atoms with Gasteiger partial charge in [0.05, 0.1) is 25.4 Å². The van der Waals surface area contributed by atoms with Crippen molar-refractivity contribution in [2.75, 3.05) is 14.2 Å². The summed E-state index contributed by atoms with van der Waals surface area (Å²) in [6, 6.07) is 5.60. The number of alkyl halides is 6. The Bertz CT molecular complexity index is 1580. The van der Waals surface area contributed by atoms with Gasteiger partial charge in [-0.25, -0.2) is 26.9 Å². The van der Waals surface area contributed by atoms with E-state index in [1.807, 2.05) is 0 Å². The molecule has 1 aliphatic rings. The van der Waals surface area contributed by atoms with E-state index in [9.17, 15) is 30.7 Å². The minimum Gasteiger partial charge on any atom is -0.497 e. The summed E-state index contributed by atoms with van der Waals surface area (Å²) in [6.07, 6.45) is 0. The molecule has 15 heteroatoms. The number of benzene rings is 2. The molecule has 4 rings (SSSR count). The van der Waals surface area contributed by atoms with Crippen LogP contribution in [0.25, 0.3) is 21.7 Å². The normalized spacial score (nSPS) is 17.1. The van der Waals surface area contributed by atoms with E-state index < -0.39 is 85.5 Å². The van der Waals surface area contributed by atoms with Gasteiger partial charge < -0.3 is 9.47 Å². The van der Waals surface area contributed by atoms with E-state index in [1.165, 1.54) is 31.4 Å². The predicted octanol–water partition coefficient (Wildman–Crippen LogP) is 8.69. The zero-order valence-electron chi connectivity index (χ0n) is 21.1.